The normalized spacial score (nSPS) is 13.1. The molecule has 3 rings (SSSR count). The summed E-state index contributed by atoms with van der Waals surface area (Å²) in [7, 11) is 0. The summed E-state index contributed by atoms with van der Waals surface area (Å²) in [6, 6.07) is 6.44. The maximum atomic E-state index is 13.7. The molecule has 92 valence electrons. The maximum absolute atomic E-state index is 13.7. The van der Waals surface area contributed by atoms with Gasteiger partial charge in [-0.3, -0.25) is 0 Å². The van der Waals surface area contributed by atoms with E-state index in [0.29, 0.717) is 17.0 Å². The number of aliphatic hydroxyl groups is 1. The number of hydrogen-bond donors (Lipinski definition) is 2. The number of halogens is 1. The minimum absolute atomic E-state index is 0.307. The molecule has 0 saturated carbocycles. The number of H-pyrrole nitrogens is 1. The maximum Gasteiger partial charge on any atom is 0.152 e. The minimum Gasteiger partial charge on any atom is -0.379 e. The van der Waals surface area contributed by atoms with Gasteiger partial charge in [-0.2, -0.15) is 0 Å². The molecule has 3 heterocycles. The quantitative estimate of drug-likeness (QED) is 0.727. The first-order chi connectivity index (χ1) is 8.68. The summed E-state index contributed by atoms with van der Waals surface area (Å²) in [5.41, 5.74) is 1.91. The van der Waals surface area contributed by atoms with E-state index >= 15 is 0 Å². The van der Waals surface area contributed by atoms with E-state index in [-0.39, 0.29) is 5.82 Å². The van der Waals surface area contributed by atoms with Crippen LogP contribution < -0.4 is 0 Å². The van der Waals surface area contributed by atoms with Gasteiger partial charge in [-0.15, -0.1) is 0 Å². The topological polar surface area (TPSA) is 53.3 Å². The second-order valence-electron chi connectivity index (χ2n) is 4.18. The van der Waals surface area contributed by atoms with Crippen LogP contribution >= 0.6 is 0 Å². The molecule has 0 fully saturated rings. The SMILES string of the molecule is Cc1ccc2c(F)ccc(C(O)c3ncc[nH]3)n12. The van der Waals surface area contributed by atoms with Crippen LogP contribution in [0.4, 0.5) is 4.39 Å². The van der Waals surface area contributed by atoms with Crippen molar-refractivity contribution in [3.05, 3.63) is 59.7 Å². The molecule has 0 aliphatic rings. The molecule has 1 atom stereocenters. The van der Waals surface area contributed by atoms with E-state index in [9.17, 15) is 9.50 Å². The Bertz CT molecular complexity index is 688. The van der Waals surface area contributed by atoms with Gasteiger partial charge in [-0.1, -0.05) is 0 Å². The van der Waals surface area contributed by atoms with Gasteiger partial charge < -0.3 is 14.5 Å². The lowest BCUT2D eigenvalue weighted by Crippen LogP contribution is -2.09. The van der Waals surface area contributed by atoms with Crippen molar-refractivity contribution in [2.45, 2.75) is 13.0 Å². The van der Waals surface area contributed by atoms with Gasteiger partial charge in [0.15, 0.2) is 6.10 Å². The van der Waals surface area contributed by atoms with E-state index in [4.69, 9.17) is 0 Å². The molecule has 3 aromatic rings. The zero-order valence-electron chi connectivity index (χ0n) is 9.76. The second kappa shape index (κ2) is 3.96. The molecule has 0 aromatic carbocycles. The lowest BCUT2D eigenvalue weighted by molar-refractivity contribution is 0.204. The number of aliphatic hydroxyl groups excluding tert-OH is 1. The van der Waals surface area contributed by atoms with E-state index < -0.39 is 6.10 Å². The summed E-state index contributed by atoms with van der Waals surface area (Å²) in [5, 5.41) is 10.3. The van der Waals surface area contributed by atoms with Crippen LogP contribution in [0.15, 0.2) is 36.7 Å². The first-order valence-corrected chi connectivity index (χ1v) is 5.62. The molecule has 0 radical (unpaired) electrons. The Balaban J connectivity index is 2.23. The summed E-state index contributed by atoms with van der Waals surface area (Å²) < 4.78 is 15.4. The minimum atomic E-state index is -0.908. The van der Waals surface area contributed by atoms with E-state index in [1.807, 2.05) is 13.0 Å². The summed E-state index contributed by atoms with van der Waals surface area (Å²) in [5.74, 6) is 0.134. The van der Waals surface area contributed by atoms with Crippen LogP contribution in [0.1, 0.15) is 23.3 Å². The number of aromatic nitrogens is 3. The highest BCUT2D eigenvalue weighted by Gasteiger charge is 2.18. The lowest BCUT2D eigenvalue weighted by Gasteiger charge is -2.13. The van der Waals surface area contributed by atoms with Gasteiger partial charge in [-0.25, -0.2) is 9.37 Å². The molecule has 5 heteroatoms. The van der Waals surface area contributed by atoms with Crippen molar-refractivity contribution in [1.29, 1.82) is 0 Å². The first kappa shape index (κ1) is 11.0. The molecule has 0 aliphatic heterocycles. The fourth-order valence-corrected chi connectivity index (χ4v) is 2.17. The third-order valence-corrected chi connectivity index (χ3v) is 3.04. The molecule has 1 unspecified atom stereocenters. The average Bonchev–Trinajstić information content (AvgIpc) is 3.00. The summed E-state index contributed by atoms with van der Waals surface area (Å²) in [6.07, 6.45) is 2.30. The molecular formula is C13H12FN3O. The van der Waals surface area contributed by atoms with Crippen LogP contribution in [0.5, 0.6) is 0 Å². The van der Waals surface area contributed by atoms with E-state index in [1.54, 1.807) is 28.9 Å². The predicted molar refractivity (Wildman–Crippen MR) is 64.7 cm³/mol. The van der Waals surface area contributed by atoms with Gasteiger partial charge in [0.2, 0.25) is 0 Å². The number of rotatable bonds is 2. The largest absolute Gasteiger partial charge is 0.379 e. The number of fused-ring (bicyclic) bond motifs is 1. The van der Waals surface area contributed by atoms with Crippen LogP contribution in [-0.4, -0.2) is 19.5 Å². The standard InChI is InChI=1S/C13H12FN3O/c1-8-2-4-10-9(14)3-5-11(17(8)10)12(18)13-15-6-7-16-13/h2-7,12,18H,1H3,(H,15,16). The van der Waals surface area contributed by atoms with Crippen molar-refractivity contribution in [3.63, 3.8) is 0 Å². The summed E-state index contributed by atoms with van der Waals surface area (Å²) in [6.45, 7) is 1.87. The molecule has 18 heavy (non-hydrogen) atoms. The van der Waals surface area contributed by atoms with E-state index in [0.717, 1.165) is 5.69 Å². The van der Waals surface area contributed by atoms with Crippen LogP contribution in [0, 0.1) is 12.7 Å². The fourth-order valence-electron chi connectivity index (χ4n) is 2.17. The smallest absolute Gasteiger partial charge is 0.152 e. The molecule has 0 amide bonds. The zero-order valence-corrected chi connectivity index (χ0v) is 9.76. The van der Waals surface area contributed by atoms with Gasteiger partial charge in [0, 0.05) is 18.1 Å². The Kier molecular flexibility index (Phi) is 2.41. The van der Waals surface area contributed by atoms with Gasteiger partial charge in [-0.05, 0) is 31.2 Å². The number of imidazole rings is 1. The zero-order chi connectivity index (χ0) is 12.7. The van der Waals surface area contributed by atoms with Crippen LogP contribution in [-0.2, 0) is 0 Å². The summed E-state index contributed by atoms with van der Waals surface area (Å²) >= 11 is 0. The van der Waals surface area contributed by atoms with Crippen LogP contribution in [0.2, 0.25) is 0 Å². The van der Waals surface area contributed by atoms with Gasteiger partial charge in [0.1, 0.15) is 11.6 Å². The first-order valence-electron chi connectivity index (χ1n) is 5.62. The highest BCUT2D eigenvalue weighted by atomic mass is 19.1. The van der Waals surface area contributed by atoms with Crippen molar-refractivity contribution in [3.8, 4) is 0 Å². The third-order valence-electron chi connectivity index (χ3n) is 3.04. The van der Waals surface area contributed by atoms with Crippen LogP contribution in [0.25, 0.3) is 5.52 Å². The Morgan fingerprint density at radius 1 is 1.33 bits per heavy atom. The molecule has 0 bridgehead atoms. The Hall–Kier alpha value is -2.14. The van der Waals surface area contributed by atoms with Gasteiger partial charge in [0.05, 0.1) is 11.2 Å². The number of aryl methyl sites for hydroxylation is 1. The number of aromatic amines is 1. The molecule has 0 spiro atoms. The third kappa shape index (κ3) is 1.52. The van der Waals surface area contributed by atoms with Crippen molar-refractivity contribution >= 4 is 5.52 Å². The average molecular weight is 245 g/mol. The monoisotopic (exact) mass is 245 g/mol. The van der Waals surface area contributed by atoms with E-state index in [2.05, 4.69) is 9.97 Å². The molecule has 3 aromatic heterocycles. The summed E-state index contributed by atoms with van der Waals surface area (Å²) in [4.78, 5) is 6.88. The van der Waals surface area contributed by atoms with Crippen molar-refractivity contribution < 1.29 is 9.50 Å². The van der Waals surface area contributed by atoms with E-state index in [1.165, 1.54) is 6.07 Å². The molecule has 0 aliphatic carbocycles. The van der Waals surface area contributed by atoms with Crippen LogP contribution in [0.3, 0.4) is 0 Å². The molecular weight excluding hydrogens is 233 g/mol. The Labute approximate surface area is 103 Å². The number of hydrogen-bond acceptors (Lipinski definition) is 2. The second-order valence-corrected chi connectivity index (χ2v) is 4.18. The van der Waals surface area contributed by atoms with Crippen molar-refractivity contribution in [2.24, 2.45) is 0 Å². The lowest BCUT2D eigenvalue weighted by atomic mass is 10.2. The highest BCUT2D eigenvalue weighted by Crippen LogP contribution is 2.24. The highest BCUT2D eigenvalue weighted by molar-refractivity contribution is 5.53. The fraction of sp³-hybridized carbons (Fsp3) is 0.154. The Morgan fingerprint density at radius 2 is 2.17 bits per heavy atom. The Morgan fingerprint density at radius 3 is 2.89 bits per heavy atom. The number of nitrogens with zero attached hydrogens (tertiary/aromatic N) is 2. The molecule has 0 saturated heterocycles. The van der Waals surface area contributed by atoms with Crippen molar-refractivity contribution in [1.82, 2.24) is 14.4 Å². The number of nitrogens with one attached hydrogen (secondary N) is 1. The number of pyridine rings is 1. The molecule has 4 nitrogen and oxygen atoms in total. The predicted octanol–water partition coefficient (Wildman–Crippen LogP) is 2.19. The molecule has 2 N–H and O–H groups in total. The van der Waals surface area contributed by atoms with Crippen molar-refractivity contribution in [2.75, 3.05) is 0 Å². The van der Waals surface area contributed by atoms with Gasteiger partial charge >= 0.3 is 0 Å². The van der Waals surface area contributed by atoms with Gasteiger partial charge in [0.25, 0.3) is 0 Å².